The molecule has 4 heterocycles. The topological polar surface area (TPSA) is 72.8 Å². The lowest BCUT2D eigenvalue weighted by molar-refractivity contribution is 0.0973. The molecule has 2 saturated heterocycles. The van der Waals surface area contributed by atoms with E-state index in [2.05, 4.69) is 36.6 Å². The number of nitrogens with zero attached hydrogens (tertiary/aromatic N) is 5. The first-order chi connectivity index (χ1) is 16.0. The van der Waals surface area contributed by atoms with Crippen LogP contribution in [0.15, 0.2) is 30.3 Å². The van der Waals surface area contributed by atoms with Gasteiger partial charge >= 0.3 is 0 Å². The molecule has 0 spiro atoms. The fourth-order valence-corrected chi connectivity index (χ4v) is 4.49. The Morgan fingerprint density at radius 3 is 2.33 bits per heavy atom. The van der Waals surface area contributed by atoms with Crippen molar-refractivity contribution < 1.29 is 14.2 Å². The maximum Gasteiger partial charge on any atom is 0.229 e. The molecule has 1 aromatic carbocycles. The van der Waals surface area contributed by atoms with Gasteiger partial charge in [0, 0.05) is 18.7 Å². The molecule has 1 radical (unpaired) electrons. The Morgan fingerprint density at radius 1 is 0.939 bits per heavy atom. The van der Waals surface area contributed by atoms with Gasteiger partial charge in [-0.1, -0.05) is 0 Å². The zero-order valence-corrected chi connectivity index (χ0v) is 19.5. The highest BCUT2D eigenvalue weighted by molar-refractivity contribution is 5.90. The summed E-state index contributed by atoms with van der Waals surface area (Å²) in [5.41, 5.74) is 3.33. The first-order valence-electron chi connectivity index (χ1n) is 11.4. The molecule has 173 valence electrons. The quantitative estimate of drug-likeness (QED) is 0.602. The summed E-state index contributed by atoms with van der Waals surface area (Å²) in [7, 11) is 1.65. The van der Waals surface area contributed by atoms with Gasteiger partial charge in [0.05, 0.1) is 56.7 Å². The van der Waals surface area contributed by atoms with E-state index in [9.17, 15) is 0 Å². The molecule has 2 aliphatic heterocycles. The fourth-order valence-electron chi connectivity index (χ4n) is 4.49. The van der Waals surface area contributed by atoms with E-state index < -0.39 is 0 Å². The summed E-state index contributed by atoms with van der Waals surface area (Å²) in [6, 6.07) is 10.4. The van der Waals surface area contributed by atoms with E-state index >= 15 is 0 Å². The van der Waals surface area contributed by atoms with Crippen molar-refractivity contribution in [2.75, 3.05) is 56.4 Å². The largest absolute Gasteiger partial charge is 0.496 e. The third kappa shape index (κ3) is 4.20. The Labute approximate surface area is 194 Å². The third-order valence-corrected chi connectivity index (χ3v) is 6.37. The van der Waals surface area contributed by atoms with Crippen LogP contribution in [0, 0.1) is 6.92 Å². The molecule has 2 aromatic heterocycles. The molecule has 8 nitrogen and oxygen atoms in total. The standard InChI is InChI=1S/C25H30N5O3/c1-16-13-19(5-8-22(16)31-4)21-7-6-20-23(26-21)27-25(30-10-12-33-15-18(30)3)28-24(20)29-9-11-32-14-17(29)2/h5-8,13,17-18H,1,9-12,14-15H2,2-4H3/t17-,18-/m0/s1. The van der Waals surface area contributed by atoms with Crippen molar-refractivity contribution in [1.82, 2.24) is 15.0 Å². The number of methoxy groups -OCH3 is 1. The van der Waals surface area contributed by atoms with Crippen molar-refractivity contribution in [3.63, 3.8) is 0 Å². The van der Waals surface area contributed by atoms with Crippen molar-refractivity contribution in [3.05, 3.63) is 42.8 Å². The Kier molecular flexibility index (Phi) is 6.03. The zero-order chi connectivity index (χ0) is 22.9. The smallest absolute Gasteiger partial charge is 0.229 e. The second kappa shape index (κ2) is 9.11. The minimum absolute atomic E-state index is 0.199. The van der Waals surface area contributed by atoms with Gasteiger partial charge in [0.2, 0.25) is 5.95 Å². The highest BCUT2D eigenvalue weighted by Gasteiger charge is 2.27. The highest BCUT2D eigenvalue weighted by Crippen LogP contribution is 2.32. The van der Waals surface area contributed by atoms with Crippen molar-refractivity contribution in [2.24, 2.45) is 0 Å². The molecule has 3 aromatic rings. The number of hydrogen-bond acceptors (Lipinski definition) is 8. The van der Waals surface area contributed by atoms with Crippen molar-refractivity contribution in [2.45, 2.75) is 25.9 Å². The van der Waals surface area contributed by atoms with E-state index in [0.29, 0.717) is 38.0 Å². The van der Waals surface area contributed by atoms with Crippen LogP contribution < -0.4 is 14.5 Å². The van der Waals surface area contributed by atoms with Crippen LogP contribution in [-0.2, 0) is 9.47 Å². The van der Waals surface area contributed by atoms with Crippen LogP contribution in [0.2, 0.25) is 0 Å². The van der Waals surface area contributed by atoms with Gasteiger partial charge in [0.1, 0.15) is 11.6 Å². The normalized spacial score (nSPS) is 21.5. The monoisotopic (exact) mass is 448 g/mol. The molecule has 33 heavy (non-hydrogen) atoms. The van der Waals surface area contributed by atoms with Crippen LogP contribution in [0.1, 0.15) is 19.4 Å². The summed E-state index contributed by atoms with van der Waals surface area (Å²) >= 11 is 0. The summed E-state index contributed by atoms with van der Waals surface area (Å²) in [5, 5.41) is 0.945. The number of ether oxygens (including phenoxy) is 3. The summed E-state index contributed by atoms with van der Waals surface area (Å²) in [6.45, 7) is 12.6. The molecule has 0 aliphatic carbocycles. The summed E-state index contributed by atoms with van der Waals surface area (Å²) in [6.07, 6.45) is 0. The van der Waals surface area contributed by atoms with Gasteiger partial charge in [0.25, 0.3) is 0 Å². The Hall–Kier alpha value is -2.97. The highest BCUT2D eigenvalue weighted by atomic mass is 16.5. The van der Waals surface area contributed by atoms with E-state index in [0.717, 1.165) is 46.9 Å². The molecule has 2 aliphatic rings. The maximum absolute atomic E-state index is 5.67. The first-order valence-corrected chi connectivity index (χ1v) is 11.4. The summed E-state index contributed by atoms with van der Waals surface area (Å²) in [4.78, 5) is 19.5. The molecule has 0 unspecified atom stereocenters. The van der Waals surface area contributed by atoms with Crippen LogP contribution >= 0.6 is 0 Å². The summed E-state index contributed by atoms with van der Waals surface area (Å²) < 4.78 is 16.7. The average Bonchev–Trinajstić information content (AvgIpc) is 2.83. The number of hydrogen-bond donors (Lipinski definition) is 0. The van der Waals surface area contributed by atoms with E-state index in [1.54, 1.807) is 7.11 Å². The van der Waals surface area contributed by atoms with E-state index in [1.807, 2.05) is 24.3 Å². The van der Waals surface area contributed by atoms with Gasteiger partial charge < -0.3 is 24.0 Å². The molecule has 0 saturated carbocycles. The molecular formula is C25H30N5O3. The van der Waals surface area contributed by atoms with Crippen molar-refractivity contribution >= 4 is 22.8 Å². The third-order valence-electron chi connectivity index (χ3n) is 6.37. The maximum atomic E-state index is 5.67. The molecule has 0 bridgehead atoms. The van der Waals surface area contributed by atoms with Gasteiger partial charge in [0.15, 0.2) is 5.65 Å². The Balaban J connectivity index is 1.64. The van der Waals surface area contributed by atoms with Gasteiger partial charge in [-0.3, -0.25) is 0 Å². The lowest BCUT2D eigenvalue weighted by Gasteiger charge is -2.37. The second-order valence-corrected chi connectivity index (χ2v) is 8.68. The molecule has 5 rings (SSSR count). The van der Waals surface area contributed by atoms with Gasteiger partial charge in [-0.25, -0.2) is 4.98 Å². The lowest BCUT2D eigenvalue weighted by atomic mass is 10.1. The zero-order valence-electron chi connectivity index (χ0n) is 19.5. The van der Waals surface area contributed by atoms with Crippen LogP contribution in [0.25, 0.3) is 22.3 Å². The summed E-state index contributed by atoms with van der Waals surface area (Å²) in [5.74, 6) is 2.37. The van der Waals surface area contributed by atoms with Crippen molar-refractivity contribution in [1.29, 1.82) is 0 Å². The number of aromatic nitrogens is 3. The van der Waals surface area contributed by atoms with E-state index in [4.69, 9.17) is 29.2 Å². The SMILES string of the molecule is [CH2]c1cc(-c2ccc3c(N4CCOC[C@@H]4C)nc(N4CCOC[C@@H]4C)nc3n2)ccc1OC. The van der Waals surface area contributed by atoms with Gasteiger partial charge in [-0.05, 0) is 56.7 Å². The predicted octanol–water partition coefficient (Wildman–Crippen LogP) is 3.33. The van der Waals surface area contributed by atoms with Gasteiger partial charge in [-0.2, -0.15) is 9.97 Å². The minimum Gasteiger partial charge on any atom is -0.496 e. The minimum atomic E-state index is 0.199. The molecule has 0 N–H and O–H groups in total. The second-order valence-electron chi connectivity index (χ2n) is 8.68. The number of morpholine rings is 2. The molecule has 0 amide bonds. The molecule has 8 heteroatoms. The Morgan fingerprint density at radius 2 is 1.67 bits per heavy atom. The van der Waals surface area contributed by atoms with Crippen LogP contribution in [-0.4, -0.2) is 73.7 Å². The number of benzene rings is 1. The van der Waals surface area contributed by atoms with Crippen molar-refractivity contribution in [3.8, 4) is 17.0 Å². The Bertz CT molecular complexity index is 1150. The van der Waals surface area contributed by atoms with E-state index in [-0.39, 0.29) is 12.1 Å². The average molecular weight is 449 g/mol. The van der Waals surface area contributed by atoms with Crippen LogP contribution in [0.3, 0.4) is 0 Å². The van der Waals surface area contributed by atoms with Gasteiger partial charge in [-0.15, -0.1) is 0 Å². The fraction of sp³-hybridized carbons (Fsp3) is 0.440. The molecule has 2 fully saturated rings. The first kappa shape index (κ1) is 21.9. The predicted molar refractivity (Wildman–Crippen MR) is 129 cm³/mol. The molecule has 2 atom stereocenters. The van der Waals surface area contributed by atoms with E-state index in [1.165, 1.54) is 0 Å². The number of anilines is 2. The number of rotatable bonds is 4. The lowest BCUT2D eigenvalue weighted by Crippen LogP contribution is -2.46. The van der Waals surface area contributed by atoms with Crippen LogP contribution in [0.4, 0.5) is 11.8 Å². The molecular weight excluding hydrogens is 418 g/mol. The number of pyridine rings is 1. The van der Waals surface area contributed by atoms with Crippen LogP contribution in [0.5, 0.6) is 5.75 Å². The number of fused-ring (bicyclic) bond motifs is 1.